The van der Waals surface area contributed by atoms with Gasteiger partial charge in [0.25, 0.3) is 0 Å². The van der Waals surface area contributed by atoms with Gasteiger partial charge < -0.3 is 10.6 Å². The summed E-state index contributed by atoms with van der Waals surface area (Å²) in [6, 6.07) is 4.38. The predicted octanol–water partition coefficient (Wildman–Crippen LogP) is 2.81. The fourth-order valence-electron chi connectivity index (χ4n) is 1.66. The van der Waals surface area contributed by atoms with Crippen molar-refractivity contribution in [1.82, 2.24) is 4.98 Å². The number of rotatable bonds is 3. The van der Waals surface area contributed by atoms with Gasteiger partial charge in [-0.1, -0.05) is 0 Å². The molecule has 0 aliphatic heterocycles. The number of halogens is 1. The van der Waals surface area contributed by atoms with Crippen LogP contribution in [-0.4, -0.2) is 12.0 Å². The summed E-state index contributed by atoms with van der Waals surface area (Å²) in [5.74, 6) is -0.282. The standard InChI is InChI=1S/C12H14FN3S/c1-8-15-10(7-17-8)6-16(2)12-5-9(13)3-4-11(12)14/h3-5,7H,6,14H2,1-2H3. The third kappa shape index (κ3) is 2.74. The van der Waals surface area contributed by atoms with Crippen molar-refractivity contribution in [2.45, 2.75) is 13.5 Å². The van der Waals surface area contributed by atoms with Crippen LogP contribution in [0.1, 0.15) is 10.7 Å². The lowest BCUT2D eigenvalue weighted by Gasteiger charge is -2.20. The number of thiazole rings is 1. The molecule has 90 valence electrons. The van der Waals surface area contributed by atoms with Gasteiger partial charge in [-0.2, -0.15) is 0 Å². The molecule has 5 heteroatoms. The molecule has 0 atom stereocenters. The van der Waals surface area contributed by atoms with Crippen molar-refractivity contribution in [3.63, 3.8) is 0 Å². The number of nitrogens with zero attached hydrogens (tertiary/aromatic N) is 2. The van der Waals surface area contributed by atoms with Crippen molar-refractivity contribution in [1.29, 1.82) is 0 Å². The quantitative estimate of drug-likeness (QED) is 0.853. The van der Waals surface area contributed by atoms with Gasteiger partial charge >= 0.3 is 0 Å². The molecule has 0 aliphatic rings. The molecular weight excluding hydrogens is 237 g/mol. The molecule has 1 aromatic carbocycles. The van der Waals surface area contributed by atoms with Crippen molar-refractivity contribution in [2.75, 3.05) is 17.7 Å². The molecule has 0 fully saturated rings. The van der Waals surface area contributed by atoms with Crippen LogP contribution >= 0.6 is 11.3 Å². The van der Waals surface area contributed by atoms with Crippen LogP contribution in [0.25, 0.3) is 0 Å². The zero-order valence-corrected chi connectivity index (χ0v) is 10.6. The van der Waals surface area contributed by atoms with Crippen molar-refractivity contribution in [3.8, 4) is 0 Å². The van der Waals surface area contributed by atoms with Crippen molar-refractivity contribution in [3.05, 3.63) is 40.1 Å². The lowest BCUT2D eigenvalue weighted by molar-refractivity contribution is 0.627. The van der Waals surface area contributed by atoms with Crippen LogP contribution in [0, 0.1) is 12.7 Å². The number of benzene rings is 1. The van der Waals surface area contributed by atoms with Crippen LogP contribution in [0.5, 0.6) is 0 Å². The van der Waals surface area contributed by atoms with Crippen LogP contribution in [0.3, 0.4) is 0 Å². The number of nitrogens with two attached hydrogens (primary N) is 1. The molecule has 0 spiro atoms. The maximum absolute atomic E-state index is 13.2. The summed E-state index contributed by atoms with van der Waals surface area (Å²) in [6.45, 7) is 2.59. The molecule has 3 nitrogen and oxygen atoms in total. The lowest BCUT2D eigenvalue weighted by atomic mass is 10.2. The number of aryl methyl sites for hydroxylation is 1. The summed E-state index contributed by atoms with van der Waals surface area (Å²) >= 11 is 1.61. The average molecular weight is 251 g/mol. The van der Waals surface area contributed by atoms with Crippen molar-refractivity contribution < 1.29 is 4.39 Å². The zero-order valence-electron chi connectivity index (χ0n) is 9.77. The van der Waals surface area contributed by atoms with Gasteiger partial charge in [0.1, 0.15) is 5.82 Å². The largest absolute Gasteiger partial charge is 0.397 e. The Balaban J connectivity index is 2.19. The Bertz CT molecular complexity index is 524. The van der Waals surface area contributed by atoms with Gasteiger partial charge in [0, 0.05) is 12.4 Å². The van der Waals surface area contributed by atoms with Crippen LogP contribution in [0.4, 0.5) is 15.8 Å². The van der Waals surface area contributed by atoms with Crippen molar-refractivity contribution >= 4 is 22.7 Å². The Hall–Kier alpha value is -1.62. The van der Waals surface area contributed by atoms with Gasteiger partial charge in [0.2, 0.25) is 0 Å². The van der Waals surface area contributed by atoms with E-state index in [1.807, 2.05) is 24.3 Å². The number of aromatic nitrogens is 1. The molecule has 2 aromatic rings. The molecule has 2 N–H and O–H groups in total. The third-order valence-corrected chi connectivity index (χ3v) is 3.29. The average Bonchev–Trinajstić information content (AvgIpc) is 2.67. The predicted molar refractivity (Wildman–Crippen MR) is 69.8 cm³/mol. The van der Waals surface area contributed by atoms with E-state index in [1.165, 1.54) is 12.1 Å². The smallest absolute Gasteiger partial charge is 0.125 e. The molecule has 0 aliphatic carbocycles. The van der Waals surface area contributed by atoms with E-state index < -0.39 is 0 Å². The molecule has 0 bridgehead atoms. The molecule has 0 amide bonds. The van der Waals surface area contributed by atoms with E-state index in [0.29, 0.717) is 17.9 Å². The first-order valence-corrected chi connectivity index (χ1v) is 6.11. The van der Waals surface area contributed by atoms with Gasteiger partial charge in [-0.25, -0.2) is 9.37 Å². The van der Waals surface area contributed by atoms with Crippen LogP contribution < -0.4 is 10.6 Å². The molecule has 1 heterocycles. The fourth-order valence-corrected chi connectivity index (χ4v) is 2.26. The fraction of sp³-hybridized carbons (Fsp3) is 0.250. The minimum atomic E-state index is -0.282. The topological polar surface area (TPSA) is 42.2 Å². The summed E-state index contributed by atoms with van der Waals surface area (Å²) < 4.78 is 13.2. The summed E-state index contributed by atoms with van der Waals surface area (Å²) in [5.41, 5.74) is 8.05. The highest BCUT2D eigenvalue weighted by atomic mass is 32.1. The van der Waals surface area contributed by atoms with Crippen LogP contribution in [-0.2, 0) is 6.54 Å². The van der Waals surface area contributed by atoms with E-state index in [2.05, 4.69) is 4.98 Å². The second kappa shape index (κ2) is 4.71. The van der Waals surface area contributed by atoms with E-state index in [0.717, 1.165) is 10.7 Å². The van der Waals surface area contributed by atoms with E-state index >= 15 is 0 Å². The first-order chi connectivity index (χ1) is 8.06. The van der Waals surface area contributed by atoms with E-state index in [4.69, 9.17) is 5.73 Å². The third-order valence-electron chi connectivity index (χ3n) is 2.47. The molecule has 2 rings (SSSR count). The first-order valence-electron chi connectivity index (χ1n) is 5.23. The molecule has 0 saturated carbocycles. The Morgan fingerprint density at radius 3 is 2.88 bits per heavy atom. The highest BCUT2D eigenvalue weighted by Crippen LogP contribution is 2.24. The van der Waals surface area contributed by atoms with E-state index in [1.54, 1.807) is 17.4 Å². The number of hydrogen-bond acceptors (Lipinski definition) is 4. The number of hydrogen-bond donors (Lipinski definition) is 1. The maximum atomic E-state index is 13.2. The summed E-state index contributed by atoms with van der Waals surface area (Å²) in [4.78, 5) is 6.27. The summed E-state index contributed by atoms with van der Waals surface area (Å²) in [7, 11) is 1.87. The number of nitrogen functional groups attached to an aromatic ring is 1. The molecule has 1 aromatic heterocycles. The minimum absolute atomic E-state index is 0.282. The number of anilines is 2. The Morgan fingerprint density at radius 2 is 2.24 bits per heavy atom. The van der Waals surface area contributed by atoms with Gasteiger partial charge in [0.05, 0.1) is 28.6 Å². The van der Waals surface area contributed by atoms with E-state index in [9.17, 15) is 4.39 Å². The van der Waals surface area contributed by atoms with Gasteiger partial charge in [0.15, 0.2) is 0 Å². The molecule has 0 saturated heterocycles. The minimum Gasteiger partial charge on any atom is -0.397 e. The molecule has 0 unspecified atom stereocenters. The lowest BCUT2D eigenvalue weighted by Crippen LogP contribution is -2.18. The maximum Gasteiger partial charge on any atom is 0.125 e. The molecule has 0 radical (unpaired) electrons. The van der Waals surface area contributed by atoms with Crippen molar-refractivity contribution in [2.24, 2.45) is 0 Å². The zero-order chi connectivity index (χ0) is 12.4. The summed E-state index contributed by atoms with van der Waals surface area (Å²) in [5, 5.41) is 3.03. The molecular formula is C12H14FN3S. The van der Waals surface area contributed by atoms with Gasteiger partial charge in [-0.05, 0) is 25.1 Å². The highest BCUT2D eigenvalue weighted by Gasteiger charge is 2.09. The van der Waals surface area contributed by atoms with Gasteiger partial charge in [-0.15, -0.1) is 11.3 Å². The first kappa shape index (κ1) is 11.9. The highest BCUT2D eigenvalue weighted by molar-refractivity contribution is 7.09. The Kier molecular flexibility index (Phi) is 3.28. The Morgan fingerprint density at radius 1 is 1.47 bits per heavy atom. The van der Waals surface area contributed by atoms with Crippen LogP contribution in [0.2, 0.25) is 0 Å². The second-order valence-electron chi connectivity index (χ2n) is 3.92. The Labute approximate surface area is 104 Å². The van der Waals surface area contributed by atoms with E-state index in [-0.39, 0.29) is 5.82 Å². The second-order valence-corrected chi connectivity index (χ2v) is 4.98. The van der Waals surface area contributed by atoms with Crippen LogP contribution in [0.15, 0.2) is 23.6 Å². The SMILES string of the molecule is Cc1nc(CN(C)c2cc(F)ccc2N)cs1. The monoisotopic (exact) mass is 251 g/mol. The molecule has 17 heavy (non-hydrogen) atoms. The van der Waals surface area contributed by atoms with Gasteiger partial charge in [-0.3, -0.25) is 0 Å². The summed E-state index contributed by atoms with van der Waals surface area (Å²) in [6.07, 6.45) is 0. The normalized spacial score (nSPS) is 10.5.